The van der Waals surface area contributed by atoms with E-state index in [2.05, 4.69) is 77.3 Å². The van der Waals surface area contributed by atoms with Gasteiger partial charge in [0.05, 0.1) is 22.2 Å². The monoisotopic (exact) mass is 367 g/mol. The Morgan fingerprint density at radius 1 is 0.621 bits per heavy atom. The van der Waals surface area contributed by atoms with Crippen molar-refractivity contribution in [2.45, 2.75) is 0 Å². The molecule has 132 valence electrons. The standard InChI is InChI=1S/C26H13N3/c27-13-18-11-23-22-10-9-16-5-1-3-7-20(16)25(22)26-21-8-4-2-6-17(21)15-29(26)24(23)12-19(18)14-28/h1-12,15H. The van der Waals surface area contributed by atoms with Crippen LogP contribution >= 0.6 is 0 Å². The van der Waals surface area contributed by atoms with E-state index in [9.17, 15) is 10.5 Å². The van der Waals surface area contributed by atoms with Crippen LogP contribution in [0.25, 0.3) is 48.7 Å². The van der Waals surface area contributed by atoms with E-state index in [0.29, 0.717) is 11.1 Å². The van der Waals surface area contributed by atoms with Crippen LogP contribution in [0.1, 0.15) is 11.1 Å². The summed E-state index contributed by atoms with van der Waals surface area (Å²) in [5.74, 6) is 0. The molecule has 0 radical (unpaired) electrons. The van der Waals surface area contributed by atoms with Gasteiger partial charge in [0.25, 0.3) is 0 Å². The minimum atomic E-state index is 0.402. The predicted octanol–water partition coefficient (Wildman–Crippen LogP) is 6.30. The van der Waals surface area contributed by atoms with Gasteiger partial charge in [-0.05, 0) is 28.3 Å². The summed E-state index contributed by atoms with van der Waals surface area (Å²) in [6.07, 6.45) is 2.13. The highest BCUT2D eigenvalue weighted by molar-refractivity contribution is 6.27. The van der Waals surface area contributed by atoms with E-state index < -0.39 is 0 Å². The summed E-state index contributed by atoms with van der Waals surface area (Å²) < 4.78 is 2.18. The van der Waals surface area contributed by atoms with E-state index in [4.69, 9.17) is 0 Å². The molecule has 0 amide bonds. The van der Waals surface area contributed by atoms with Gasteiger partial charge >= 0.3 is 0 Å². The lowest BCUT2D eigenvalue weighted by atomic mass is 9.95. The summed E-state index contributed by atoms with van der Waals surface area (Å²) in [7, 11) is 0. The van der Waals surface area contributed by atoms with Gasteiger partial charge in [0.15, 0.2) is 0 Å². The van der Waals surface area contributed by atoms with Crippen LogP contribution in [0.15, 0.2) is 79.0 Å². The molecule has 6 aromatic rings. The molecule has 0 aliphatic rings. The summed E-state index contributed by atoms with van der Waals surface area (Å²) in [5.41, 5.74) is 2.88. The van der Waals surface area contributed by atoms with Crippen molar-refractivity contribution in [2.75, 3.05) is 0 Å². The Hall–Kier alpha value is -4.34. The number of pyridine rings is 1. The van der Waals surface area contributed by atoms with Crippen molar-refractivity contribution in [3.8, 4) is 12.1 Å². The van der Waals surface area contributed by atoms with Gasteiger partial charge in [0.2, 0.25) is 0 Å². The zero-order valence-corrected chi connectivity index (χ0v) is 15.3. The average Bonchev–Trinajstić information content (AvgIpc) is 3.17. The molecule has 29 heavy (non-hydrogen) atoms. The summed E-state index contributed by atoms with van der Waals surface area (Å²) in [5, 5.41) is 27.1. The smallest absolute Gasteiger partial charge is 0.101 e. The lowest BCUT2D eigenvalue weighted by molar-refractivity contribution is 1.29. The Balaban J connectivity index is 2.04. The summed E-state index contributed by atoms with van der Waals surface area (Å²) in [4.78, 5) is 0. The van der Waals surface area contributed by atoms with Gasteiger partial charge in [0.1, 0.15) is 12.1 Å². The van der Waals surface area contributed by atoms with Crippen molar-refractivity contribution < 1.29 is 0 Å². The van der Waals surface area contributed by atoms with Crippen molar-refractivity contribution in [3.63, 3.8) is 0 Å². The van der Waals surface area contributed by atoms with Crippen LogP contribution in [0.4, 0.5) is 0 Å². The molecule has 0 N–H and O–H groups in total. The van der Waals surface area contributed by atoms with Crippen LogP contribution in [-0.2, 0) is 0 Å². The molecule has 0 bridgehead atoms. The van der Waals surface area contributed by atoms with E-state index >= 15 is 0 Å². The Bertz CT molecular complexity index is 1720. The second-order valence-corrected chi connectivity index (χ2v) is 7.28. The molecule has 0 spiro atoms. The number of nitriles is 2. The molecule has 6 rings (SSSR count). The van der Waals surface area contributed by atoms with Gasteiger partial charge in [-0.25, -0.2) is 0 Å². The summed E-state index contributed by atoms with van der Waals surface area (Å²) in [6.45, 7) is 0. The van der Waals surface area contributed by atoms with Crippen molar-refractivity contribution in [3.05, 3.63) is 90.1 Å². The molecule has 4 aromatic carbocycles. The third kappa shape index (κ3) is 1.99. The molecule has 0 atom stereocenters. The maximum absolute atomic E-state index is 9.57. The first-order valence-corrected chi connectivity index (χ1v) is 9.41. The lowest BCUT2D eigenvalue weighted by Gasteiger charge is -2.13. The number of aromatic nitrogens is 1. The highest BCUT2D eigenvalue weighted by Crippen LogP contribution is 2.39. The SMILES string of the molecule is N#Cc1cc2c3ccc4ccccc4c3c3c4ccccc4cn3c2cc1C#N. The molecule has 3 nitrogen and oxygen atoms in total. The molecular weight excluding hydrogens is 354 g/mol. The number of hydrogen-bond acceptors (Lipinski definition) is 2. The number of rotatable bonds is 0. The lowest BCUT2D eigenvalue weighted by Crippen LogP contribution is -1.94. The van der Waals surface area contributed by atoms with E-state index in [-0.39, 0.29) is 0 Å². The van der Waals surface area contributed by atoms with Crippen LogP contribution in [0, 0.1) is 22.7 Å². The molecular formula is C26H13N3. The van der Waals surface area contributed by atoms with Gasteiger partial charge in [0, 0.05) is 27.7 Å². The van der Waals surface area contributed by atoms with Crippen LogP contribution in [0.3, 0.4) is 0 Å². The van der Waals surface area contributed by atoms with Gasteiger partial charge in [-0.3, -0.25) is 0 Å². The normalized spacial score (nSPS) is 11.4. The first kappa shape index (κ1) is 15.7. The number of nitrogens with zero attached hydrogens (tertiary/aromatic N) is 3. The zero-order valence-electron chi connectivity index (χ0n) is 15.3. The largest absolute Gasteiger partial charge is 0.315 e. The van der Waals surface area contributed by atoms with E-state index in [1.807, 2.05) is 18.2 Å². The fourth-order valence-corrected chi connectivity index (χ4v) is 4.54. The van der Waals surface area contributed by atoms with E-state index in [1.165, 1.54) is 21.5 Å². The van der Waals surface area contributed by atoms with Crippen LogP contribution in [0.5, 0.6) is 0 Å². The summed E-state index contributed by atoms with van der Waals surface area (Å²) in [6, 6.07) is 29.1. The maximum atomic E-state index is 9.57. The third-order valence-electron chi connectivity index (χ3n) is 5.82. The Labute approximate surface area is 166 Å². The van der Waals surface area contributed by atoms with Crippen molar-refractivity contribution >= 4 is 48.7 Å². The van der Waals surface area contributed by atoms with Gasteiger partial charge < -0.3 is 4.40 Å². The first-order chi connectivity index (χ1) is 14.3. The number of hydrogen-bond donors (Lipinski definition) is 0. The summed E-state index contributed by atoms with van der Waals surface area (Å²) >= 11 is 0. The highest BCUT2D eigenvalue weighted by Gasteiger charge is 2.16. The van der Waals surface area contributed by atoms with E-state index in [0.717, 1.165) is 27.2 Å². The van der Waals surface area contributed by atoms with Crippen LogP contribution < -0.4 is 0 Å². The molecule has 2 aromatic heterocycles. The van der Waals surface area contributed by atoms with Crippen molar-refractivity contribution in [1.82, 2.24) is 4.40 Å². The molecule has 0 fully saturated rings. The molecule has 0 unspecified atom stereocenters. The molecule has 3 heteroatoms. The molecule has 0 aliphatic heterocycles. The molecule has 0 saturated carbocycles. The second-order valence-electron chi connectivity index (χ2n) is 7.28. The first-order valence-electron chi connectivity index (χ1n) is 9.41. The topological polar surface area (TPSA) is 52.0 Å². The Morgan fingerprint density at radius 2 is 1.31 bits per heavy atom. The van der Waals surface area contributed by atoms with Crippen LogP contribution in [-0.4, -0.2) is 4.40 Å². The van der Waals surface area contributed by atoms with Crippen molar-refractivity contribution in [2.24, 2.45) is 0 Å². The highest BCUT2D eigenvalue weighted by atomic mass is 14.9. The average molecular weight is 367 g/mol. The quantitative estimate of drug-likeness (QED) is 0.296. The minimum absolute atomic E-state index is 0.402. The Kier molecular flexibility index (Phi) is 3.02. The fraction of sp³-hybridized carbons (Fsp3) is 0. The number of benzene rings is 4. The predicted molar refractivity (Wildman–Crippen MR) is 117 cm³/mol. The van der Waals surface area contributed by atoms with Gasteiger partial charge in [-0.1, -0.05) is 60.7 Å². The zero-order chi connectivity index (χ0) is 19.5. The van der Waals surface area contributed by atoms with Crippen molar-refractivity contribution in [1.29, 1.82) is 10.5 Å². The minimum Gasteiger partial charge on any atom is -0.315 e. The Morgan fingerprint density at radius 3 is 2.10 bits per heavy atom. The second kappa shape index (κ2) is 5.58. The van der Waals surface area contributed by atoms with Gasteiger partial charge in [-0.2, -0.15) is 10.5 Å². The van der Waals surface area contributed by atoms with Crippen LogP contribution in [0.2, 0.25) is 0 Å². The number of fused-ring (bicyclic) bond motifs is 10. The third-order valence-corrected chi connectivity index (χ3v) is 5.82. The van der Waals surface area contributed by atoms with E-state index in [1.54, 1.807) is 0 Å². The van der Waals surface area contributed by atoms with Gasteiger partial charge in [-0.15, -0.1) is 0 Å². The molecule has 0 aliphatic carbocycles. The fourth-order valence-electron chi connectivity index (χ4n) is 4.54. The maximum Gasteiger partial charge on any atom is 0.101 e. The molecule has 0 saturated heterocycles. The molecule has 2 heterocycles.